The van der Waals surface area contributed by atoms with Crippen molar-refractivity contribution in [2.24, 2.45) is 0 Å². The van der Waals surface area contributed by atoms with E-state index in [1.807, 2.05) is 18.2 Å². The first-order chi connectivity index (χ1) is 14.6. The Balaban J connectivity index is 1.24. The van der Waals surface area contributed by atoms with Crippen LogP contribution >= 0.6 is 0 Å². The van der Waals surface area contributed by atoms with Gasteiger partial charge in [0.1, 0.15) is 5.82 Å². The van der Waals surface area contributed by atoms with Crippen LogP contribution < -0.4 is 5.32 Å². The lowest BCUT2D eigenvalue weighted by Gasteiger charge is -2.31. The van der Waals surface area contributed by atoms with Gasteiger partial charge in [-0.3, -0.25) is 14.6 Å². The van der Waals surface area contributed by atoms with Crippen molar-refractivity contribution in [3.63, 3.8) is 0 Å². The number of benzene rings is 1. The van der Waals surface area contributed by atoms with Gasteiger partial charge in [0.25, 0.3) is 0 Å². The number of rotatable bonds is 6. The SMILES string of the molecule is O=C(CCC(=O)N1CCC(c2noc3ccc(F)cc23)CC1)NCc1ccccn1. The number of hydrogen-bond donors (Lipinski definition) is 1. The molecule has 30 heavy (non-hydrogen) atoms. The largest absolute Gasteiger partial charge is 0.356 e. The number of piperidine rings is 1. The quantitative estimate of drug-likeness (QED) is 0.674. The van der Waals surface area contributed by atoms with Gasteiger partial charge in [0.15, 0.2) is 5.58 Å². The van der Waals surface area contributed by atoms with Gasteiger partial charge in [0, 0.05) is 43.4 Å². The molecule has 0 unspecified atom stereocenters. The Bertz CT molecular complexity index is 1030. The number of pyridine rings is 1. The summed E-state index contributed by atoms with van der Waals surface area (Å²) in [6, 6.07) is 9.89. The molecule has 2 amide bonds. The van der Waals surface area contributed by atoms with Crippen LogP contribution in [-0.2, 0) is 16.1 Å². The van der Waals surface area contributed by atoms with Gasteiger partial charge >= 0.3 is 0 Å². The molecule has 8 heteroatoms. The number of fused-ring (bicyclic) bond motifs is 1. The smallest absolute Gasteiger partial charge is 0.223 e. The zero-order valence-electron chi connectivity index (χ0n) is 16.5. The van der Waals surface area contributed by atoms with E-state index in [-0.39, 0.29) is 36.4 Å². The Morgan fingerprint density at radius 2 is 2.00 bits per heavy atom. The van der Waals surface area contributed by atoms with Crippen LogP contribution in [0.4, 0.5) is 4.39 Å². The Hall–Kier alpha value is -3.29. The normalized spacial score (nSPS) is 14.8. The molecule has 4 rings (SSSR count). The highest BCUT2D eigenvalue weighted by Gasteiger charge is 2.27. The highest BCUT2D eigenvalue weighted by molar-refractivity contribution is 5.84. The molecule has 0 atom stereocenters. The molecule has 0 bridgehead atoms. The third-order valence-corrected chi connectivity index (χ3v) is 5.45. The lowest BCUT2D eigenvalue weighted by Crippen LogP contribution is -2.38. The van der Waals surface area contributed by atoms with Gasteiger partial charge in [-0.2, -0.15) is 0 Å². The molecular formula is C22H23FN4O3. The number of carbonyl (C=O) groups is 2. The van der Waals surface area contributed by atoms with E-state index in [1.54, 1.807) is 17.2 Å². The minimum Gasteiger partial charge on any atom is -0.356 e. The Morgan fingerprint density at radius 1 is 1.17 bits per heavy atom. The van der Waals surface area contributed by atoms with E-state index in [0.29, 0.717) is 30.6 Å². The number of nitrogens with zero attached hydrogens (tertiary/aromatic N) is 3. The fourth-order valence-corrected chi connectivity index (χ4v) is 3.79. The third-order valence-electron chi connectivity index (χ3n) is 5.45. The van der Waals surface area contributed by atoms with E-state index in [9.17, 15) is 14.0 Å². The van der Waals surface area contributed by atoms with Gasteiger partial charge in [-0.25, -0.2) is 4.39 Å². The molecule has 2 aromatic heterocycles. The second kappa shape index (κ2) is 9.02. The molecule has 1 fully saturated rings. The fraction of sp³-hybridized carbons (Fsp3) is 0.364. The minimum atomic E-state index is -0.319. The van der Waals surface area contributed by atoms with Crippen molar-refractivity contribution < 1.29 is 18.5 Å². The van der Waals surface area contributed by atoms with E-state index < -0.39 is 0 Å². The molecule has 1 saturated heterocycles. The molecule has 1 aliphatic rings. The van der Waals surface area contributed by atoms with Crippen molar-refractivity contribution >= 4 is 22.8 Å². The van der Waals surface area contributed by atoms with Crippen molar-refractivity contribution in [2.75, 3.05) is 13.1 Å². The van der Waals surface area contributed by atoms with Gasteiger partial charge in [-0.15, -0.1) is 0 Å². The van der Waals surface area contributed by atoms with Crippen LogP contribution in [0.3, 0.4) is 0 Å². The molecule has 3 aromatic rings. The zero-order valence-corrected chi connectivity index (χ0v) is 16.5. The molecule has 0 radical (unpaired) electrons. The van der Waals surface area contributed by atoms with Gasteiger partial charge < -0.3 is 14.7 Å². The van der Waals surface area contributed by atoms with Crippen LogP contribution in [0, 0.1) is 5.82 Å². The topological polar surface area (TPSA) is 88.3 Å². The molecule has 0 saturated carbocycles. The van der Waals surface area contributed by atoms with Gasteiger partial charge in [0.2, 0.25) is 11.8 Å². The van der Waals surface area contributed by atoms with Crippen LogP contribution in [0.15, 0.2) is 47.1 Å². The average Bonchev–Trinajstić information content (AvgIpc) is 3.20. The number of aromatic nitrogens is 2. The van der Waals surface area contributed by atoms with Gasteiger partial charge in [0.05, 0.1) is 17.9 Å². The average molecular weight is 410 g/mol. The monoisotopic (exact) mass is 410 g/mol. The number of nitrogens with one attached hydrogen (secondary N) is 1. The lowest BCUT2D eigenvalue weighted by atomic mass is 9.91. The summed E-state index contributed by atoms with van der Waals surface area (Å²) in [6.07, 6.45) is 3.47. The van der Waals surface area contributed by atoms with Crippen molar-refractivity contribution in [3.8, 4) is 0 Å². The number of halogens is 1. The Kier molecular flexibility index (Phi) is 6.02. The maximum absolute atomic E-state index is 13.6. The second-order valence-corrected chi connectivity index (χ2v) is 7.46. The summed E-state index contributed by atoms with van der Waals surface area (Å²) in [4.78, 5) is 30.4. The molecule has 156 valence electrons. The van der Waals surface area contributed by atoms with Crippen molar-refractivity contribution in [1.82, 2.24) is 20.4 Å². The van der Waals surface area contributed by atoms with Crippen LogP contribution in [0.1, 0.15) is 43.0 Å². The maximum atomic E-state index is 13.6. The number of likely N-dealkylation sites (tertiary alicyclic amines) is 1. The summed E-state index contributed by atoms with van der Waals surface area (Å²) in [7, 11) is 0. The standard InChI is InChI=1S/C22H23FN4O3/c23-16-4-5-19-18(13-16)22(26-30-19)15-8-11-27(12-9-15)21(29)7-6-20(28)25-14-17-3-1-2-10-24-17/h1-5,10,13,15H,6-9,11-12,14H2,(H,25,28). The summed E-state index contributed by atoms with van der Waals surface area (Å²) in [5.74, 6) is -0.392. The Morgan fingerprint density at radius 3 is 2.77 bits per heavy atom. The van der Waals surface area contributed by atoms with Crippen molar-refractivity contribution in [1.29, 1.82) is 0 Å². The first-order valence-corrected chi connectivity index (χ1v) is 10.1. The summed E-state index contributed by atoms with van der Waals surface area (Å²) in [5.41, 5.74) is 2.10. The first kappa shape index (κ1) is 20.0. The fourth-order valence-electron chi connectivity index (χ4n) is 3.79. The van der Waals surface area contributed by atoms with Gasteiger partial charge in [-0.05, 0) is 43.2 Å². The number of carbonyl (C=O) groups excluding carboxylic acids is 2. The van der Waals surface area contributed by atoms with E-state index >= 15 is 0 Å². The Labute approximate surface area is 173 Å². The number of hydrogen-bond acceptors (Lipinski definition) is 5. The van der Waals surface area contributed by atoms with Crippen LogP contribution in [0.25, 0.3) is 11.0 Å². The highest BCUT2D eigenvalue weighted by Crippen LogP contribution is 2.33. The minimum absolute atomic E-state index is 0.0301. The van der Waals surface area contributed by atoms with Crippen LogP contribution in [-0.4, -0.2) is 39.9 Å². The van der Waals surface area contributed by atoms with Gasteiger partial charge in [-0.1, -0.05) is 11.2 Å². The molecule has 1 N–H and O–H groups in total. The van der Waals surface area contributed by atoms with Crippen LogP contribution in [0.5, 0.6) is 0 Å². The summed E-state index contributed by atoms with van der Waals surface area (Å²) >= 11 is 0. The molecule has 1 aliphatic heterocycles. The van der Waals surface area contributed by atoms with E-state index in [0.717, 1.165) is 24.2 Å². The molecule has 1 aromatic carbocycles. The number of amides is 2. The predicted molar refractivity (Wildman–Crippen MR) is 108 cm³/mol. The summed E-state index contributed by atoms with van der Waals surface area (Å²) < 4.78 is 18.9. The van der Waals surface area contributed by atoms with E-state index in [2.05, 4.69) is 15.5 Å². The van der Waals surface area contributed by atoms with E-state index in [1.165, 1.54) is 12.1 Å². The summed E-state index contributed by atoms with van der Waals surface area (Å²) in [6.45, 7) is 1.52. The maximum Gasteiger partial charge on any atom is 0.223 e. The molecule has 7 nitrogen and oxygen atoms in total. The first-order valence-electron chi connectivity index (χ1n) is 10.1. The molecule has 0 aliphatic carbocycles. The zero-order chi connectivity index (χ0) is 20.9. The highest BCUT2D eigenvalue weighted by atomic mass is 19.1. The lowest BCUT2D eigenvalue weighted by molar-refractivity contribution is -0.134. The third kappa shape index (κ3) is 4.64. The molecular weight excluding hydrogens is 387 g/mol. The van der Waals surface area contributed by atoms with Crippen molar-refractivity contribution in [2.45, 2.75) is 38.1 Å². The second-order valence-electron chi connectivity index (χ2n) is 7.46. The van der Waals surface area contributed by atoms with E-state index in [4.69, 9.17) is 4.52 Å². The molecule has 3 heterocycles. The van der Waals surface area contributed by atoms with Crippen molar-refractivity contribution in [3.05, 3.63) is 59.8 Å². The van der Waals surface area contributed by atoms with Crippen LogP contribution in [0.2, 0.25) is 0 Å². The summed E-state index contributed by atoms with van der Waals surface area (Å²) in [5, 5.41) is 7.61. The molecule has 0 spiro atoms. The predicted octanol–water partition coefficient (Wildman–Crippen LogP) is 3.16.